The van der Waals surface area contributed by atoms with Gasteiger partial charge in [0.05, 0.1) is 0 Å². The molecule has 1 aliphatic heterocycles. The number of rotatable bonds is 11. The first-order chi connectivity index (χ1) is 9.97. The molecule has 0 aromatic carbocycles. The third-order valence-corrected chi connectivity index (χ3v) is 5.52. The molecule has 1 heterocycles. The molecule has 1 rings (SSSR count). The summed E-state index contributed by atoms with van der Waals surface area (Å²) in [6.07, 6.45) is 4.38. The van der Waals surface area contributed by atoms with Gasteiger partial charge in [-0.25, -0.2) is 4.72 Å². The summed E-state index contributed by atoms with van der Waals surface area (Å²) < 4.78 is 28.4. The fraction of sp³-hybridized carbons (Fsp3) is 1.00. The molecule has 0 aromatic rings. The highest BCUT2D eigenvalue weighted by molar-refractivity contribution is 7.87. The number of nitrogens with zero attached hydrogens (tertiary/aromatic N) is 2. The van der Waals surface area contributed by atoms with Crippen LogP contribution >= 0.6 is 0 Å². The van der Waals surface area contributed by atoms with Crippen molar-refractivity contribution in [3.05, 3.63) is 0 Å². The van der Waals surface area contributed by atoms with Crippen LogP contribution in [0, 0.1) is 0 Å². The van der Waals surface area contributed by atoms with Crippen LogP contribution in [-0.4, -0.2) is 70.0 Å². The van der Waals surface area contributed by atoms with Gasteiger partial charge in [-0.1, -0.05) is 6.92 Å². The minimum Gasteiger partial charge on any atom is -0.317 e. The third kappa shape index (κ3) is 7.06. The SMILES string of the molecule is CCCNCCCN(C)S(=O)(=O)NCC(C)N1CCCC1. The van der Waals surface area contributed by atoms with Gasteiger partial charge in [-0.15, -0.1) is 0 Å². The fourth-order valence-electron chi connectivity index (χ4n) is 2.50. The highest BCUT2D eigenvalue weighted by atomic mass is 32.2. The molecule has 2 N–H and O–H groups in total. The molecule has 1 fully saturated rings. The van der Waals surface area contributed by atoms with E-state index in [0.717, 1.165) is 39.0 Å². The second kappa shape index (κ2) is 9.74. The van der Waals surface area contributed by atoms with Gasteiger partial charge in [0, 0.05) is 26.2 Å². The summed E-state index contributed by atoms with van der Waals surface area (Å²) in [4.78, 5) is 2.34. The first-order valence-electron chi connectivity index (χ1n) is 8.13. The van der Waals surface area contributed by atoms with E-state index in [1.54, 1.807) is 7.05 Å². The van der Waals surface area contributed by atoms with E-state index in [1.165, 1.54) is 17.1 Å². The van der Waals surface area contributed by atoms with E-state index in [-0.39, 0.29) is 6.04 Å². The predicted molar refractivity (Wildman–Crippen MR) is 87.6 cm³/mol. The molecule has 0 saturated carbocycles. The molecule has 0 bridgehead atoms. The molecule has 0 spiro atoms. The maximum Gasteiger partial charge on any atom is 0.279 e. The van der Waals surface area contributed by atoms with Crippen LogP contribution in [0.3, 0.4) is 0 Å². The van der Waals surface area contributed by atoms with Gasteiger partial charge in [-0.2, -0.15) is 12.7 Å². The van der Waals surface area contributed by atoms with Gasteiger partial charge in [-0.05, 0) is 58.8 Å². The van der Waals surface area contributed by atoms with Crippen LogP contribution in [0.5, 0.6) is 0 Å². The Morgan fingerprint density at radius 2 is 1.90 bits per heavy atom. The van der Waals surface area contributed by atoms with Crippen LogP contribution < -0.4 is 10.0 Å². The van der Waals surface area contributed by atoms with Crippen molar-refractivity contribution < 1.29 is 8.42 Å². The van der Waals surface area contributed by atoms with E-state index in [1.807, 2.05) is 0 Å². The number of nitrogens with one attached hydrogen (secondary N) is 2. The molecular weight excluding hydrogens is 288 g/mol. The number of likely N-dealkylation sites (tertiary alicyclic amines) is 1. The summed E-state index contributed by atoms with van der Waals surface area (Å²) in [6, 6.07) is 0.266. The van der Waals surface area contributed by atoms with Crippen LogP contribution in [0.2, 0.25) is 0 Å². The van der Waals surface area contributed by atoms with Crippen LogP contribution in [0.4, 0.5) is 0 Å². The lowest BCUT2D eigenvalue weighted by atomic mass is 10.3. The molecule has 0 radical (unpaired) electrons. The molecule has 1 unspecified atom stereocenters. The fourth-order valence-corrected chi connectivity index (χ4v) is 3.54. The maximum absolute atomic E-state index is 12.1. The minimum absolute atomic E-state index is 0.266. The third-order valence-electron chi connectivity index (χ3n) is 3.99. The van der Waals surface area contributed by atoms with Crippen molar-refractivity contribution in [3.63, 3.8) is 0 Å². The minimum atomic E-state index is -3.35. The molecule has 1 atom stereocenters. The molecule has 7 heteroatoms. The zero-order chi connectivity index (χ0) is 15.7. The summed E-state index contributed by atoms with van der Waals surface area (Å²) in [5.41, 5.74) is 0. The van der Waals surface area contributed by atoms with Crippen LogP contribution in [0.15, 0.2) is 0 Å². The Morgan fingerprint density at radius 3 is 2.52 bits per heavy atom. The van der Waals surface area contributed by atoms with Crippen molar-refractivity contribution in [1.82, 2.24) is 19.2 Å². The maximum atomic E-state index is 12.1. The molecule has 1 aliphatic rings. The Balaban J connectivity index is 2.24. The highest BCUT2D eigenvalue weighted by Gasteiger charge is 2.22. The summed E-state index contributed by atoms with van der Waals surface area (Å²) >= 11 is 0. The Labute approximate surface area is 130 Å². The Bertz CT molecular complexity index is 369. The van der Waals surface area contributed by atoms with Gasteiger partial charge in [0.25, 0.3) is 10.2 Å². The van der Waals surface area contributed by atoms with Crippen LogP contribution in [0.25, 0.3) is 0 Å². The zero-order valence-corrected chi connectivity index (χ0v) is 14.6. The quantitative estimate of drug-likeness (QED) is 0.548. The second-order valence-corrected chi connectivity index (χ2v) is 7.73. The van der Waals surface area contributed by atoms with E-state index in [9.17, 15) is 8.42 Å². The average Bonchev–Trinajstić information content (AvgIpc) is 2.98. The Hall–Kier alpha value is -0.210. The van der Waals surface area contributed by atoms with E-state index in [0.29, 0.717) is 13.1 Å². The topological polar surface area (TPSA) is 64.7 Å². The Kier molecular flexibility index (Phi) is 8.73. The molecule has 1 saturated heterocycles. The average molecular weight is 321 g/mol. The lowest BCUT2D eigenvalue weighted by Crippen LogP contribution is -2.45. The van der Waals surface area contributed by atoms with E-state index < -0.39 is 10.2 Å². The normalized spacial score (nSPS) is 18.5. The van der Waals surface area contributed by atoms with E-state index in [4.69, 9.17) is 0 Å². The summed E-state index contributed by atoms with van der Waals surface area (Å²) in [6.45, 7) is 9.26. The molecule has 126 valence electrons. The smallest absolute Gasteiger partial charge is 0.279 e. The van der Waals surface area contributed by atoms with Gasteiger partial charge in [0.1, 0.15) is 0 Å². The Morgan fingerprint density at radius 1 is 1.24 bits per heavy atom. The second-order valence-electron chi connectivity index (χ2n) is 5.87. The monoisotopic (exact) mass is 320 g/mol. The van der Waals surface area contributed by atoms with Crippen molar-refractivity contribution in [1.29, 1.82) is 0 Å². The molecule has 0 aliphatic carbocycles. The summed E-state index contributed by atoms with van der Waals surface area (Å²) in [5.74, 6) is 0. The molecule has 21 heavy (non-hydrogen) atoms. The molecule has 0 amide bonds. The van der Waals surface area contributed by atoms with Gasteiger partial charge in [-0.3, -0.25) is 4.90 Å². The van der Waals surface area contributed by atoms with Gasteiger partial charge < -0.3 is 5.32 Å². The molecule has 6 nitrogen and oxygen atoms in total. The lowest BCUT2D eigenvalue weighted by molar-refractivity contribution is 0.258. The first kappa shape index (κ1) is 18.8. The standard InChI is InChI=1S/C14H32N4O2S/c1-4-8-15-9-7-10-17(3)21(19,20)16-13-14(2)18-11-5-6-12-18/h14-16H,4-13H2,1-3H3. The number of hydrogen-bond donors (Lipinski definition) is 2. The van der Waals surface area contributed by atoms with Crippen molar-refractivity contribution in [3.8, 4) is 0 Å². The van der Waals surface area contributed by atoms with Crippen LogP contribution in [0.1, 0.15) is 39.5 Å². The molecule has 0 aromatic heterocycles. The van der Waals surface area contributed by atoms with Crippen molar-refractivity contribution >= 4 is 10.2 Å². The van der Waals surface area contributed by atoms with Crippen molar-refractivity contribution in [2.24, 2.45) is 0 Å². The van der Waals surface area contributed by atoms with E-state index in [2.05, 4.69) is 28.8 Å². The van der Waals surface area contributed by atoms with Crippen molar-refractivity contribution in [2.45, 2.75) is 45.6 Å². The largest absolute Gasteiger partial charge is 0.317 e. The summed E-state index contributed by atoms with van der Waals surface area (Å²) in [5, 5.41) is 3.28. The van der Waals surface area contributed by atoms with Gasteiger partial charge in [0.2, 0.25) is 0 Å². The van der Waals surface area contributed by atoms with Gasteiger partial charge >= 0.3 is 0 Å². The van der Waals surface area contributed by atoms with Crippen LogP contribution in [-0.2, 0) is 10.2 Å². The number of hydrogen-bond acceptors (Lipinski definition) is 4. The predicted octanol–water partition coefficient (Wildman–Crippen LogP) is 0.627. The zero-order valence-electron chi connectivity index (χ0n) is 13.8. The first-order valence-corrected chi connectivity index (χ1v) is 9.57. The van der Waals surface area contributed by atoms with Gasteiger partial charge in [0.15, 0.2) is 0 Å². The van der Waals surface area contributed by atoms with Crippen molar-refractivity contribution in [2.75, 3.05) is 46.3 Å². The molecular formula is C14H32N4O2S. The summed E-state index contributed by atoms with van der Waals surface area (Å²) in [7, 11) is -1.71. The highest BCUT2D eigenvalue weighted by Crippen LogP contribution is 2.11. The van der Waals surface area contributed by atoms with E-state index >= 15 is 0 Å². The lowest BCUT2D eigenvalue weighted by Gasteiger charge is -2.25.